The van der Waals surface area contributed by atoms with Crippen LogP contribution in [0.1, 0.15) is 37.0 Å². The molecular formula is C16H23N3O3S2. The number of carbonyl (C=O) groups excluding carboxylic acids is 2. The molecule has 0 aliphatic carbocycles. The molecule has 0 heterocycles. The SMILES string of the molecule is CCCCN(SCNC(=O)O/N=C(\C)SC)C(=O)c1ccccc1. The molecule has 0 bridgehead atoms. The summed E-state index contributed by atoms with van der Waals surface area (Å²) in [5.41, 5.74) is 0.629. The Labute approximate surface area is 151 Å². The molecule has 0 spiro atoms. The number of oxime groups is 1. The minimum absolute atomic E-state index is 0.0690. The van der Waals surface area contributed by atoms with Crippen molar-refractivity contribution >= 4 is 40.8 Å². The van der Waals surface area contributed by atoms with Gasteiger partial charge in [0.2, 0.25) is 0 Å². The minimum atomic E-state index is -0.640. The number of hydrogen-bond donors (Lipinski definition) is 1. The lowest BCUT2D eigenvalue weighted by molar-refractivity contribution is 0.0870. The fourth-order valence-corrected chi connectivity index (χ4v) is 2.53. The molecule has 0 aliphatic heterocycles. The molecule has 0 saturated heterocycles. The monoisotopic (exact) mass is 369 g/mol. The van der Waals surface area contributed by atoms with Gasteiger partial charge in [0, 0.05) is 12.1 Å². The quantitative estimate of drug-likeness (QED) is 0.188. The molecule has 2 amide bonds. The average molecular weight is 370 g/mol. The zero-order valence-corrected chi connectivity index (χ0v) is 15.8. The second-order valence-corrected chi connectivity index (χ2v) is 6.76. The van der Waals surface area contributed by atoms with Crippen molar-refractivity contribution in [2.75, 3.05) is 18.7 Å². The highest BCUT2D eigenvalue weighted by Crippen LogP contribution is 2.15. The number of carbonyl (C=O) groups is 2. The largest absolute Gasteiger partial charge is 0.434 e. The van der Waals surface area contributed by atoms with Gasteiger partial charge < -0.3 is 5.32 Å². The number of nitrogens with one attached hydrogen (secondary N) is 1. The summed E-state index contributed by atoms with van der Waals surface area (Å²) in [6.45, 7) is 4.44. The molecule has 1 rings (SSSR count). The third-order valence-corrected chi connectivity index (χ3v) is 4.55. The Morgan fingerprint density at radius 3 is 2.62 bits per heavy atom. The van der Waals surface area contributed by atoms with Crippen molar-refractivity contribution in [1.82, 2.24) is 9.62 Å². The van der Waals surface area contributed by atoms with Gasteiger partial charge in [-0.1, -0.05) is 36.7 Å². The summed E-state index contributed by atoms with van der Waals surface area (Å²) in [7, 11) is 0. The van der Waals surface area contributed by atoms with Crippen molar-refractivity contribution in [2.45, 2.75) is 26.7 Å². The maximum atomic E-state index is 12.5. The van der Waals surface area contributed by atoms with E-state index in [1.807, 2.05) is 24.5 Å². The van der Waals surface area contributed by atoms with E-state index in [0.717, 1.165) is 12.8 Å². The number of amides is 2. The van der Waals surface area contributed by atoms with Crippen molar-refractivity contribution in [3.05, 3.63) is 35.9 Å². The van der Waals surface area contributed by atoms with Crippen molar-refractivity contribution < 1.29 is 14.4 Å². The fourth-order valence-electron chi connectivity index (χ4n) is 1.60. The summed E-state index contributed by atoms with van der Waals surface area (Å²) in [6, 6.07) is 9.09. The van der Waals surface area contributed by atoms with Crippen molar-refractivity contribution in [1.29, 1.82) is 0 Å². The number of hydrogen-bond acceptors (Lipinski definition) is 6. The lowest BCUT2D eigenvalue weighted by Gasteiger charge is -2.21. The van der Waals surface area contributed by atoms with Crippen LogP contribution in [-0.2, 0) is 4.84 Å². The highest BCUT2D eigenvalue weighted by Gasteiger charge is 2.16. The van der Waals surface area contributed by atoms with E-state index >= 15 is 0 Å². The lowest BCUT2D eigenvalue weighted by Crippen LogP contribution is -2.30. The minimum Gasteiger partial charge on any atom is -0.309 e. The second-order valence-electron chi connectivity index (χ2n) is 4.77. The molecule has 8 heteroatoms. The van der Waals surface area contributed by atoms with Gasteiger partial charge in [-0.3, -0.25) is 13.9 Å². The van der Waals surface area contributed by atoms with Gasteiger partial charge in [0.1, 0.15) is 5.04 Å². The number of benzene rings is 1. The van der Waals surface area contributed by atoms with E-state index in [1.54, 1.807) is 23.4 Å². The summed E-state index contributed by atoms with van der Waals surface area (Å²) < 4.78 is 1.66. The predicted molar refractivity (Wildman–Crippen MR) is 101 cm³/mol. The number of rotatable bonds is 8. The smallest absolute Gasteiger partial charge is 0.309 e. The number of unbranched alkanes of at least 4 members (excludes halogenated alkanes) is 1. The molecule has 0 fully saturated rings. The maximum absolute atomic E-state index is 12.5. The van der Waals surface area contributed by atoms with Crippen LogP contribution in [0.5, 0.6) is 0 Å². The van der Waals surface area contributed by atoms with Crippen LogP contribution in [0.3, 0.4) is 0 Å². The summed E-state index contributed by atoms with van der Waals surface area (Å²) in [5, 5.41) is 6.87. The molecule has 1 aromatic rings. The van der Waals surface area contributed by atoms with E-state index in [1.165, 1.54) is 23.7 Å². The van der Waals surface area contributed by atoms with Gasteiger partial charge in [0.05, 0.1) is 5.88 Å². The first-order valence-corrected chi connectivity index (χ1v) is 9.78. The summed E-state index contributed by atoms with van der Waals surface area (Å²) >= 11 is 2.64. The van der Waals surface area contributed by atoms with Crippen LogP contribution in [0.4, 0.5) is 4.79 Å². The number of thioether (sulfide) groups is 1. The van der Waals surface area contributed by atoms with Crippen LogP contribution < -0.4 is 5.32 Å². The summed E-state index contributed by atoms with van der Waals surface area (Å²) in [4.78, 5) is 28.8. The van der Waals surface area contributed by atoms with Crippen LogP contribution in [0.25, 0.3) is 0 Å². The zero-order chi connectivity index (χ0) is 17.8. The molecule has 24 heavy (non-hydrogen) atoms. The topological polar surface area (TPSA) is 71.0 Å². The molecule has 0 aliphatic rings. The van der Waals surface area contributed by atoms with Crippen LogP contribution in [0.2, 0.25) is 0 Å². The molecule has 0 atom stereocenters. The molecule has 0 aromatic heterocycles. The van der Waals surface area contributed by atoms with Gasteiger partial charge in [-0.2, -0.15) is 0 Å². The molecule has 6 nitrogen and oxygen atoms in total. The van der Waals surface area contributed by atoms with Crippen LogP contribution in [0.15, 0.2) is 35.5 Å². The Bertz CT molecular complexity index is 553. The van der Waals surface area contributed by atoms with E-state index in [0.29, 0.717) is 17.2 Å². The Morgan fingerprint density at radius 1 is 1.29 bits per heavy atom. The summed E-state index contributed by atoms with van der Waals surface area (Å²) in [6.07, 6.45) is 3.08. The molecule has 1 N–H and O–H groups in total. The van der Waals surface area contributed by atoms with Gasteiger partial charge >= 0.3 is 6.09 Å². The van der Waals surface area contributed by atoms with Gasteiger partial charge in [0.25, 0.3) is 5.91 Å². The Morgan fingerprint density at radius 2 is 2.00 bits per heavy atom. The Hall–Kier alpha value is -1.67. The molecule has 0 radical (unpaired) electrons. The third-order valence-electron chi connectivity index (χ3n) is 2.95. The Kier molecular flexibility index (Phi) is 10.0. The van der Waals surface area contributed by atoms with E-state index in [9.17, 15) is 9.59 Å². The zero-order valence-electron chi connectivity index (χ0n) is 14.2. The third kappa shape index (κ3) is 7.74. The first kappa shape index (κ1) is 20.4. The second kappa shape index (κ2) is 11.8. The van der Waals surface area contributed by atoms with E-state index in [2.05, 4.69) is 17.4 Å². The Balaban J connectivity index is 2.51. The van der Waals surface area contributed by atoms with E-state index < -0.39 is 6.09 Å². The predicted octanol–water partition coefficient (Wildman–Crippen LogP) is 3.96. The highest BCUT2D eigenvalue weighted by molar-refractivity contribution is 8.13. The van der Waals surface area contributed by atoms with Crippen molar-refractivity contribution in [3.63, 3.8) is 0 Å². The van der Waals surface area contributed by atoms with Crippen LogP contribution >= 0.6 is 23.7 Å². The normalized spacial score (nSPS) is 11.0. The molecule has 0 saturated carbocycles. The standard InChI is InChI=1S/C16H23N3O3S2/c1-4-5-11-19(15(20)14-9-7-6-8-10-14)24-12-17-16(21)22-18-13(2)23-3/h6-10H,4-5,11-12H2,1-3H3,(H,17,21)/b18-13+. The van der Waals surface area contributed by atoms with Gasteiger partial charge in [0.15, 0.2) is 0 Å². The van der Waals surface area contributed by atoms with E-state index in [4.69, 9.17) is 4.84 Å². The molecule has 132 valence electrons. The van der Waals surface area contributed by atoms with Crippen molar-refractivity contribution in [3.8, 4) is 0 Å². The van der Waals surface area contributed by atoms with Gasteiger partial charge in [-0.05, 0) is 43.7 Å². The average Bonchev–Trinajstić information content (AvgIpc) is 2.62. The number of nitrogens with zero attached hydrogens (tertiary/aromatic N) is 2. The lowest BCUT2D eigenvalue weighted by atomic mass is 10.2. The summed E-state index contributed by atoms with van der Waals surface area (Å²) in [5.74, 6) is 0.162. The molecular weight excluding hydrogens is 346 g/mol. The first-order valence-electron chi connectivity index (χ1n) is 7.61. The van der Waals surface area contributed by atoms with Crippen molar-refractivity contribution in [2.24, 2.45) is 5.16 Å². The van der Waals surface area contributed by atoms with Crippen LogP contribution in [0, 0.1) is 0 Å². The first-order chi connectivity index (χ1) is 11.6. The molecule has 0 unspecified atom stereocenters. The van der Waals surface area contributed by atoms with E-state index in [-0.39, 0.29) is 11.8 Å². The maximum Gasteiger partial charge on any atom is 0.434 e. The molecule has 1 aromatic carbocycles. The fraction of sp³-hybridized carbons (Fsp3) is 0.438. The van der Waals surface area contributed by atoms with Gasteiger partial charge in [-0.25, -0.2) is 4.79 Å². The van der Waals surface area contributed by atoms with Gasteiger partial charge in [-0.15, -0.1) is 11.8 Å². The van der Waals surface area contributed by atoms with Crippen LogP contribution in [-0.4, -0.2) is 40.0 Å². The highest BCUT2D eigenvalue weighted by atomic mass is 32.2.